The predicted molar refractivity (Wildman–Crippen MR) is 122 cm³/mol. The first-order valence-electron chi connectivity index (χ1n) is 10.3. The highest BCUT2D eigenvalue weighted by Crippen LogP contribution is 2.40. The van der Waals surface area contributed by atoms with Crippen molar-refractivity contribution in [3.63, 3.8) is 0 Å². The molecule has 9 heteroatoms. The number of carbonyl (C=O) groups is 2. The summed E-state index contributed by atoms with van der Waals surface area (Å²) in [7, 11) is 2.96. The third-order valence-electron chi connectivity index (χ3n) is 5.72. The second-order valence-corrected chi connectivity index (χ2v) is 7.95. The topological polar surface area (TPSA) is 102 Å². The van der Waals surface area contributed by atoms with E-state index in [1.165, 1.54) is 19.1 Å². The Kier molecular flexibility index (Phi) is 6.46. The van der Waals surface area contributed by atoms with Gasteiger partial charge < -0.3 is 19.5 Å². The summed E-state index contributed by atoms with van der Waals surface area (Å²) < 4.78 is 10.4. The second-order valence-electron chi connectivity index (χ2n) is 7.54. The third-order valence-corrected chi connectivity index (χ3v) is 6.06. The normalized spacial score (nSPS) is 17.6. The molecule has 0 radical (unpaired) electrons. The lowest BCUT2D eigenvalue weighted by Crippen LogP contribution is -2.41. The molecule has 0 spiro atoms. The molecule has 1 aliphatic heterocycles. The highest BCUT2D eigenvalue weighted by molar-refractivity contribution is 6.31. The summed E-state index contributed by atoms with van der Waals surface area (Å²) in [5.74, 6) is -1.06. The average molecular weight is 468 g/mol. The van der Waals surface area contributed by atoms with E-state index in [-0.39, 0.29) is 11.9 Å². The molecule has 0 bridgehead atoms. The molecule has 0 unspecified atom stereocenters. The van der Waals surface area contributed by atoms with Gasteiger partial charge in [0.15, 0.2) is 0 Å². The zero-order chi connectivity index (χ0) is 23.5. The van der Waals surface area contributed by atoms with Gasteiger partial charge in [0.05, 0.1) is 25.8 Å². The van der Waals surface area contributed by atoms with Gasteiger partial charge >= 0.3 is 12.0 Å². The largest absolute Gasteiger partial charge is 0.480 e. The number of amides is 1. The van der Waals surface area contributed by atoms with Crippen LogP contribution >= 0.6 is 11.6 Å². The molecular weight excluding hydrogens is 446 g/mol. The van der Waals surface area contributed by atoms with Crippen molar-refractivity contribution >= 4 is 23.5 Å². The summed E-state index contributed by atoms with van der Waals surface area (Å²) in [6.07, 6.45) is 2.45. The van der Waals surface area contributed by atoms with Crippen molar-refractivity contribution in [3.8, 4) is 23.0 Å². The summed E-state index contributed by atoms with van der Waals surface area (Å²) in [4.78, 5) is 35.1. The van der Waals surface area contributed by atoms with Crippen LogP contribution in [0.4, 0.5) is 0 Å². The highest BCUT2D eigenvalue weighted by Gasteiger charge is 2.42. The fourth-order valence-electron chi connectivity index (χ4n) is 4.13. The number of hydrogen-bond donors (Lipinski definition) is 1. The monoisotopic (exact) mass is 467 g/mol. The number of halogens is 1. The van der Waals surface area contributed by atoms with Crippen molar-refractivity contribution < 1.29 is 24.2 Å². The minimum Gasteiger partial charge on any atom is -0.480 e. The fourth-order valence-corrected chi connectivity index (χ4v) is 4.39. The van der Waals surface area contributed by atoms with Crippen LogP contribution in [0.1, 0.15) is 34.8 Å². The lowest BCUT2D eigenvalue weighted by atomic mass is 10.0. The van der Waals surface area contributed by atoms with Gasteiger partial charge in [-0.15, -0.1) is 0 Å². The third kappa shape index (κ3) is 4.34. The fraction of sp³-hybridized carbons (Fsp3) is 0.250. The standard InChI is InChI=1S/C24H22ClN3O5/c1-32-21-17(13-26-24(27-21)33-2)14-7-9-15(10-8-14)22(29)28-19(11-12-20(28)23(30)31)16-5-3-4-6-18(16)25/h3-10,13,19-20H,11-12H2,1-2H3,(H,30,31)/t19-,20+/m1/s1. The van der Waals surface area contributed by atoms with E-state index < -0.39 is 18.1 Å². The maximum Gasteiger partial charge on any atom is 0.326 e. The number of carboxylic acid groups (broad SMARTS) is 1. The van der Waals surface area contributed by atoms with E-state index in [0.29, 0.717) is 34.9 Å². The second kappa shape index (κ2) is 9.46. The summed E-state index contributed by atoms with van der Waals surface area (Å²) in [5.41, 5.74) is 2.49. The summed E-state index contributed by atoms with van der Waals surface area (Å²) in [6.45, 7) is 0. The quantitative estimate of drug-likeness (QED) is 0.578. The number of aliphatic carboxylic acids is 1. The Morgan fingerprint density at radius 3 is 2.42 bits per heavy atom. The number of likely N-dealkylation sites (tertiary alicyclic amines) is 1. The molecule has 0 aliphatic carbocycles. The zero-order valence-corrected chi connectivity index (χ0v) is 18.8. The molecule has 2 atom stereocenters. The van der Waals surface area contributed by atoms with E-state index in [9.17, 15) is 14.7 Å². The van der Waals surface area contributed by atoms with Crippen molar-refractivity contribution in [2.45, 2.75) is 24.9 Å². The van der Waals surface area contributed by atoms with Crippen molar-refractivity contribution in [1.29, 1.82) is 0 Å². The Hall–Kier alpha value is -3.65. The molecule has 170 valence electrons. The summed E-state index contributed by atoms with van der Waals surface area (Å²) in [5, 5.41) is 10.2. The number of hydrogen-bond acceptors (Lipinski definition) is 6. The van der Waals surface area contributed by atoms with Gasteiger partial charge in [0.25, 0.3) is 5.91 Å². The number of benzene rings is 2. The van der Waals surface area contributed by atoms with E-state index in [1.54, 1.807) is 42.6 Å². The molecule has 1 amide bonds. The maximum absolute atomic E-state index is 13.5. The molecule has 3 aromatic rings. The molecule has 1 N–H and O–H groups in total. The predicted octanol–water partition coefficient (Wildman–Crippen LogP) is 4.24. The van der Waals surface area contributed by atoms with E-state index >= 15 is 0 Å². The summed E-state index contributed by atoms with van der Waals surface area (Å²) >= 11 is 6.37. The van der Waals surface area contributed by atoms with Gasteiger partial charge in [-0.2, -0.15) is 4.98 Å². The SMILES string of the molecule is COc1ncc(-c2ccc(C(=O)N3[C@@H](c4ccccc4Cl)CC[C@H]3C(=O)O)cc2)c(OC)n1. The van der Waals surface area contributed by atoms with Crippen LogP contribution in [0.2, 0.25) is 5.02 Å². The van der Waals surface area contributed by atoms with Crippen LogP contribution in [0, 0.1) is 0 Å². The number of ether oxygens (including phenoxy) is 2. The number of nitrogens with zero attached hydrogens (tertiary/aromatic N) is 3. The number of rotatable bonds is 6. The Morgan fingerprint density at radius 1 is 1.06 bits per heavy atom. The molecule has 8 nitrogen and oxygen atoms in total. The van der Waals surface area contributed by atoms with Crippen LogP contribution < -0.4 is 9.47 Å². The van der Waals surface area contributed by atoms with Crippen LogP contribution in [-0.2, 0) is 4.79 Å². The summed E-state index contributed by atoms with van der Waals surface area (Å²) in [6, 6.07) is 12.9. The Balaban J connectivity index is 1.66. The van der Waals surface area contributed by atoms with Gasteiger partial charge in [-0.05, 0) is 42.2 Å². The van der Waals surface area contributed by atoms with E-state index in [1.807, 2.05) is 12.1 Å². The molecule has 33 heavy (non-hydrogen) atoms. The van der Waals surface area contributed by atoms with Gasteiger partial charge in [0.1, 0.15) is 6.04 Å². The first-order valence-corrected chi connectivity index (χ1v) is 10.7. The minimum atomic E-state index is -1.03. The van der Waals surface area contributed by atoms with Crippen molar-refractivity contribution in [2.75, 3.05) is 14.2 Å². The molecule has 2 aromatic carbocycles. The lowest BCUT2D eigenvalue weighted by Gasteiger charge is -2.29. The lowest BCUT2D eigenvalue weighted by molar-refractivity contribution is -0.141. The first kappa shape index (κ1) is 22.5. The molecule has 0 saturated carbocycles. The van der Waals surface area contributed by atoms with Crippen LogP contribution in [0.5, 0.6) is 11.9 Å². The van der Waals surface area contributed by atoms with Crippen LogP contribution in [0.15, 0.2) is 54.7 Å². The number of aromatic nitrogens is 2. The minimum absolute atomic E-state index is 0.182. The molecule has 4 rings (SSSR count). The molecule has 1 saturated heterocycles. The van der Waals surface area contributed by atoms with Crippen molar-refractivity contribution in [2.24, 2.45) is 0 Å². The van der Waals surface area contributed by atoms with E-state index in [2.05, 4.69) is 9.97 Å². The molecule has 1 aliphatic rings. The Bertz CT molecular complexity index is 1180. The Morgan fingerprint density at radius 2 is 1.79 bits per heavy atom. The zero-order valence-electron chi connectivity index (χ0n) is 18.1. The highest BCUT2D eigenvalue weighted by atomic mass is 35.5. The number of carbonyl (C=O) groups excluding carboxylic acids is 1. The first-order chi connectivity index (χ1) is 15.9. The van der Waals surface area contributed by atoms with Gasteiger partial charge in [-0.1, -0.05) is 41.9 Å². The molecular formula is C24H22ClN3O5. The van der Waals surface area contributed by atoms with E-state index in [4.69, 9.17) is 21.1 Å². The number of carboxylic acids is 1. The van der Waals surface area contributed by atoms with Crippen molar-refractivity contribution in [1.82, 2.24) is 14.9 Å². The van der Waals surface area contributed by atoms with Crippen LogP contribution in [-0.4, -0.2) is 52.1 Å². The van der Waals surface area contributed by atoms with Crippen LogP contribution in [0.3, 0.4) is 0 Å². The average Bonchev–Trinajstić information content (AvgIpc) is 3.29. The molecule has 2 heterocycles. The smallest absolute Gasteiger partial charge is 0.326 e. The van der Waals surface area contributed by atoms with Gasteiger partial charge in [0.2, 0.25) is 5.88 Å². The molecule has 1 fully saturated rings. The Labute approximate surface area is 195 Å². The van der Waals surface area contributed by atoms with Gasteiger partial charge in [-0.25, -0.2) is 9.78 Å². The van der Waals surface area contributed by atoms with Crippen LogP contribution in [0.25, 0.3) is 11.1 Å². The van der Waals surface area contributed by atoms with Gasteiger partial charge in [0, 0.05) is 16.8 Å². The molecule has 1 aromatic heterocycles. The number of methoxy groups -OCH3 is 2. The van der Waals surface area contributed by atoms with Gasteiger partial charge in [-0.3, -0.25) is 4.79 Å². The van der Waals surface area contributed by atoms with E-state index in [0.717, 1.165) is 11.1 Å². The van der Waals surface area contributed by atoms with Crippen molar-refractivity contribution in [3.05, 3.63) is 70.9 Å². The maximum atomic E-state index is 13.5.